The van der Waals surface area contributed by atoms with Gasteiger partial charge in [-0.15, -0.1) is 0 Å². The van der Waals surface area contributed by atoms with Crippen LogP contribution in [0, 0.1) is 0 Å². The van der Waals surface area contributed by atoms with E-state index < -0.39 is 43.2 Å². The summed E-state index contributed by atoms with van der Waals surface area (Å²) in [5.74, 6) is 0. The zero-order valence-corrected chi connectivity index (χ0v) is 7.97. The Labute approximate surface area is 86.2 Å². The standard InChI is InChI=1S/C8H16O7/c9-1-3(10)6(13)8-7(14)5(12)4(11)2-15-8/h3-14H,1-2H2/t3-,4+,5-,6+,7+,8-/m1/s1. The highest BCUT2D eigenvalue weighted by Crippen LogP contribution is 2.19. The van der Waals surface area contributed by atoms with Gasteiger partial charge in [-0.1, -0.05) is 0 Å². The third-order valence-electron chi connectivity index (χ3n) is 2.46. The van der Waals surface area contributed by atoms with Gasteiger partial charge in [0.1, 0.15) is 36.6 Å². The molecule has 0 aromatic carbocycles. The molecule has 0 aromatic rings. The van der Waals surface area contributed by atoms with Crippen molar-refractivity contribution in [3.8, 4) is 0 Å². The van der Waals surface area contributed by atoms with Crippen LogP contribution in [0.25, 0.3) is 0 Å². The van der Waals surface area contributed by atoms with E-state index in [9.17, 15) is 15.3 Å². The van der Waals surface area contributed by atoms with Crippen molar-refractivity contribution in [3.63, 3.8) is 0 Å². The van der Waals surface area contributed by atoms with Crippen LogP contribution < -0.4 is 0 Å². The summed E-state index contributed by atoms with van der Waals surface area (Å²) in [5, 5.41) is 55.0. The van der Waals surface area contributed by atoms with Gasteiger partial charge in [0.25, 0.3) is 0 Å². The molecule has 0 unspecified atom stereocenters. The van der Waals surface area contributed by atoms with Gasteiger partial charge in [0, 0.05) is 0 Å². The van der Waals surface area contributed by atoms with Gasteiger partial charge >= 0.3 is 0 Å². The van der Waals surface area contributed by atoms with Crippen molar-refractivity contribution in [2.75, 3.05) is 13.2 Å². The molecule has 1 heterocycles. The van der Waals surface area contributed by atoms with E-state index in [1.807, 2.05) is 0 Å². The molecule has 1 saturated heterocycles. The lowest BCUT2D eigenvalue weighted by Gasteiger charge is -2.38. The Bertz CT molecular complexity index is 195. The highest BCUT2D eigenvalue weighted by molar-refractivity contribution is 4.92. The lowest BCUT2D eigenvalue weighted by Crippen LogP contribution is -2.59. The number of ether oxygens (including phenoxy) is 1. The van der Waals surface area contributed by atoms with Crippen LogP contribution in [0.1, 0.15) is 0 Å². The van der Waals surface area contributed by atoms with Crippen LogP contribution in [0.15, 0.2) is 0 Å². The fraction of sp³-hybridized carbons (Fsp3) is 1.00. The van der Waals surface area contributed by atoms with E-state index in [-0.39, 0.29) is 6.61 Å². The first-order valence-corrected chi connectivity index (χ1v) is 4.61. The monoisotopic (exact) mass is 224 g/mol. The molecule has 0 aromatic heterocycles. The second-order valence-electron chi connectivity index (χ2n) is 3.59. The minimum Gasteiger partial charge on any atom is -0.394 e. The lowest BCUT2D eigenvalue weighted by molar-refractivity contribution is -0.224. The second kappa shape index (κ2) is 5.17. The Kier molecular flexibility index (Phi) is 4.41. The minimum absolute atomic E-state index is 0.252. The predicted molar refractivity (Wildman–Crippen MR) is 46.9 cm³/mol. The summed E-state index contributed by atoms with van der Waals surface area (Å²) < 4.78 is 4.88. The van der Waals surface area contributed by atoms with E-state index in [1.54, 1.807) is 0 Å². The van der Waals surface area contributed by atoms with Gasteiger partial charge in [-0.3, -0.25) is 0 Å². The molecule has 90 valence electrons. The van der Waals surface area contributed by atoms with E-state index in [0.717, 1.165) is 0 Å². The summed E-state index contributed by atoms with van der Waals surface area (Å²) in [6.07, 6.45) is -8.39. The molecule has 0 saturated carbocycles. The number of aliphatic hydroxyl groups excluding tert-OH is 6. The minimum atomic E-state index is -1.52. The van der Waals surface area contributed by atoms with Crippen molar-refractivity contribution in [3.05, 3.63) is 0 Å². The molecular formula is C8H16O7. The molecule has 7 nitrogen and oxygen atoms in total. The fourth-order valence-corrected chi connectivity index (χ4v) is 1.46. The maximum absolute atomic E-state index is 9.43. The van der Waals surface area contributed by atoms with Crippen molar-refractivity contribution in [2.45, 2.75) is 36.6 Å². The SMILES string of the molecule is OC[C@@H](O)[C@H](O)[C@H]1OC[C@H](O)[C@@H](O)[C@@H]1O. The van der Waals surface area contributed by atoms with Gasteiger partial charge in [-0.2, -0.15) is 0 Å². The van der Waals surface area contributed by atoms with Gasteiger partial charge < -0.3 is 35.4 Å². The zero-order valence-electron chi connectivity index (χ0n) is 7.97. The van der Waals surface area contributed by atoms with Gasteiger partial charge in [0.15, 0.2) is 0 Å². The van der Waals surface area contributed by atoms with Crippen LogP contribution in [0.4, 0.5) is 0 Å². The molecule has 0 amide bonds. The third-order valence-corrected chi connectivity index (χ3v) is 2.46. The van der Waals surface area contributed by atoms with Crippen LogP contribution in [0.5, 0.6) is 0 Å². The van der Waals surface area contributed by atoms with Crippen LogP contribution in [-0.2, 0) is 4.74 Å². The zero-order chi connectivity index (χ0) is 11.6. The quantitative estimate of drug-likeness (QED) is 0.289. The fourth-order valence-electron chi connectivity index (χ4n) is 1.46. The Morgan fingerprint density at radius 2 is 1.73 bits per heavy atom. The first-order chi connectivity index (χ1) is 6.99. The van der Waals surface area contributed by atoms with Crippen LogP contribution in [-0.4, -0.2) is 80.5 Å². The first kappa shape index (κ1) is 12.8. The van der Waals surface area contributed by atoms with E-state index in [0.29, 0.717) is 0 Å². The van der Waals surface area contributed by atoms with Crippen molar-refractivity contribution in [1.29, 1.82) is 0 Å². The molecule has 15 heavy (non-hydrogen) atoms. The summed E-state index contributed by atoms with van der Waals surface area (Å²) in [6.45, 7) is -0.940. The normalized spacial score (nSPS) is 41.2. The number of rotatable bonds is 3. The molecule has 6 atom stereocenters. The molecule has 0 radical (unpaired) electrons. The summed E-state index contributed by atoms with van der Waals surface area (Å²) in [4.78, 5) is 0. The Morgan fingerprint density at radius 3 is 2.27 bits per heavy atom. The first-order valence-electron chi connectivity index (χ1n) is 4.61. The van der Waals surface area contributed by atoms with E-state index in [2.05, 4.69) is 0 Å². The highest BCUT2D eigenvalue weighted by Gasteiger charge is 2.42. The molecular weight excluding hydrogens is 208 g/mol. The lowest BCUT2D eigenvalue weighted by atomic mass is 9.94. The van der Waals surface area contributed by atoms with E-state index in [4.69, 9.17) is 20.1 Å². The molecule has 7 heteroatoms. The van der Waals surface area contributed by atoms with Crippen molar-refractivity contribution >= 4 is 0 Å². The predicted octanol–water partition coefficient (Wildman–Crippen LogP) is -3.82. The van der Waals surface area contributed by atoms with Crippen molar-refractivity contribution < 1.29 is 35.4 Å². The van der Waals surface area contributed by atoms with Crippen LogP contribution in [0.3, 0.4) is 0 Å². The van der Waals surface area contributed by atoms with Gasteiger partial charge in [-0.25, -0.2) is 0 Å². The summed E-state index contributed by atoms with van der Waals surface area (Å²) in [6, 6.07) is 0. The molecule has 6 N–H and O–H groups in total. The van der Waals surface area contributed by atoms with E-state index >= 15 is 0 Å². The average Bonchev–Trinajstić information content (AvgIpc) is 2.24. The summed E-state index contributed by atoms with van der Waals surface area (Å²) in [7, 11) is 0. The van der Waals surface area contributed by atoms with Crippen LogP contribution in [0.2, 0.25) is 0 Å². The molecule has 1 rings (SSSR count). The smallest absolute Gasteiger partial charge is 0.115 e. The van der Waals surface area contributed by atoms with Gasteiger partial charge in [0.05, 0.1) is 13.2 Å². The molecule has 0 aliphatic carbocycles. The van der Waals surface area contributed by atoms with Crippen LogP contribution >= 0.6 is 0 Å². The number of hydrogen-bond acceptors (Lipinski definition) is 7. The second-order valence-corrected chi connectivity index (χ2v) is 3.59. The Balaban J connectivity index is 2.62. The van der Waals surface area contributed by atoms with Gasteiger partial charge in [0.2, 0.25) is 0 Å². The summed E-state index contributed by atoms with van der Waals surface area (Å²) >= 11 is 0. The maximum Gasteiger partial charge on any atom is 0.115 e. The van der Waals surface area contributed by atoms with Crippen molar-refractivity contribution in [2.24, 2.45) is 0 Å². The molecule has 1 fully saturated rings. The number of aliphatic hydroxyl groups is 6. The largest absolute Gasteiger partial charge is 0.394 e. The molecule has 1 aliphatic rings. The average molecular weight is 224 g/mol. The summed E-state index contributed by atoms with van der Waals surface area (Å²) in [5.41, 5.74) is 0. The Hall–Kier alpha value is -0.280. The number of hydrogen-bond donors (Lipinski definition) is 6. The third kappa shape index (κ3) is 2.64. The molecule has 0 spiro atoms. The van der Waals surface area contributed by atoms with Gasteiger partial charge in [-0.05, 0) is 0 Å². The topological polar surface area (TPSA) is 131 Å². The van der Waals surface area contributed by atoms with Crippen molar-refractivity contribution in [1.82, 2.24) is 0 Å². The molecule has 0 bridgehead atoms. The maximum atomic E-state index is 9.43. The van der Waals surface area contributed by atoms with E-state index in [1.165, 1.54) is 0 Å². The Morgan fingerprint density at radius 1 is 1.13 bits per heavy atom. The highest BCUT2D eigenvalue weighted by atomic mass is 16.5. The molecule has 1 aliphatic heterocycles.